The summed E-state index contributed by atoms with van der Waals surface area (Å²) in [5.74, 6) is 0. The van der Waals surface area contributed by atoms with E-state index in [1.165, 1.54) is 12.8 Å². The molecule has 1 heteroatoms. The first kappa shape index (κ1) is 13.3. The average Bonchev–Trinajstić information content (AvgIpc) is 2.89. The third-order valence-electron chi connectivity index (χ3n) is 5.07. The van der Waals surface area contributed by atoms with E-state index in [0.29, 0.717) is 6.25 Å². The molecule has 0 N–H and O–H groups in total. The SMILES string of the molecule is CCC[C]1([Zr]([CH3])([CH3])[C]2(C)C=CC=C2)C=CC=C1. The van der Waals surface area contributed by atoms with Crippen LogP contribution in [0.1, 0.15) is 26.7 Å². The molecule has 0 saturated carbocycles. The van der Waals surface area contributed by atoms with E-state index in [9.17, 15) is 0 Å². The minimum absolute atomic E-state index is 0.364. The van der Waals surface area contributed by atoms with Crippen molar-refractivity contribution in [2.45, 2.75) is 42.2 Å². The van der Waals surface area contributed by atoms with Crippen LogP contribution in [-0.2, 0) is 20.3 Å². The van der Waals surface area contributed by atoms with Gasteiger partial charge >= 0.3 is 111 Å². The zero-order valence-electron chi connectivity index (χ0n) is 11.5. The number of hydrogen-bond donors (Lipinski definition) is 0. The molecule has 92 valence electrons. The van der Waals surface area contributed by atoms with E-state index >= 15 is 0 Å². The Bertz CT molecular complexity index is 383. The van der Waals surface area contributed by atoms with E-state index < -0.39 is 20.3 Å². The van der Waals surface area contributed by atoms with Crippen LogP contribution >= 0.6 is 0 Å². The molecule has 0 atom stereocenters. The molecule has 0 heterocycles. The van der Waals surface area contributed by atoms with Gasteiger partial charge in [-0.1, -0.05) is 0 Å². The Kier molecular flexibility index (Phi) is 3.52. The normalized spacial score (nSPS) is 23.8. The van der Waals surface area contributed by atoms with E-state index in [-0.39, 0.29) is 0 Å². The second kappa shape index (κ2) is 4.50. The molecule has 0 aromatic heterocycles. The molecule has 2 rings (SSSR count). The van der Waals surface area contributed by atoms with Gasteiger partial charge in [0.2, 0.25) is 0 Å². The molecule has 0 nitrogen and oxygen atoms in total. The third-order valence-corrected chi connectivity index (χ3v) is 19.7. The van der Waals surface area contributed by atoms with Crippen molar-refractivity contribution < 1.29 is 20.3 Å². The Morgan fingerprint density at radius 3 is 1.82 bits per heavy atom. The van der Waals surface area contributed by atoms with Gasteiger partial charge in [-0.2, -0.15) is 0 Å². The van der Waals surface area contributed by atoms with Crippen LogP contribution in [0.2, 0.25) is 15.5 Å². The molecule has 2 aliphatic rings. The van der Waals surface area contributed by atoms with Crippen LogP contribution < -0.4 is 0 Å². The van der Waals surface area contributed by atoms with Crippen molar-refractivity contribution in [3.8, 4) is 0 Å². The van der Waals surface area contributed by atoms with Gasteiger partial charge in [-0.25, -0.2) is 0 Å². The van der Waals surface area contributed by atoms with E-state index in [1.807, 2.05) is 0 Å². The molecule has 0 saturated heterocycles. The van der Waals surface area contributed by atoms with Crippen molar-refractivity contribution in [3.05, 3.63) is 48.6 Å². The Labute approximate surface area is 111 Å². The zero-order valence-corrected chi connectivity index (χ0v) is 14.0. The molecule has 0 aliphatic heterocycles. The van der Waals surface area contributed by atoms with Crippen molar-refractivity contribution in [2.24, 2.45) is 0 Å². The first-order valence-electron chi connectivity index (χ1n) is 6.72. The van der Waals surface area contributed by atoms with Crippen LogP contribution in [-0.4, -0.2) is 0 Å². The Balaban J connectivity index is 2.42. The molecular weight excluding hydrogens is 283 g/mol. The maximum absolute atomic E-state index is 2.62. The molecule has 0 radical (unpaired) electrons. The van der Waals surface area contributed by atoms with Gasteiger partial charge in [0.15, 0.2) is 0 Å². The molecule has 0 bridgehead atoms. The van der Waals surface area contributed by atoms with E-state index in [4.69, 9.17) is 0 Å². The van der Waals surface area contributed by atoms with Crippen molar-refractivity contribution in [2.75, 3.05) is 0 Å². The summed E-state index contributed by atoms with van der Waals surface area (Å²) in [5.41, 5.74) is 0. The predicted octanol–water partition coefficient (Wildman–Crippen LogP) is 5.63. The van der Waals surface area contributed by atoms with Crippen LogP contribution in [0.25, 0.3) is 0 Å². The molecule has 0 unspecified atom stereocenters. The second-order valence-corrected chi connectivity index (χ2v) is 19.1. The fourth-order valence-electron chi connectivity index (χ4n) is 3.30. The van der Waals surface area contributed by atoms with Crippen molar-refractivity contribution in [1.82, 2.24) is 0 Å². The van der Waals surface area contributed by atoms with Gasteiger partial charge in [0.25, 0.3) is 0 Å². The molecular formula is C16H24Zr. The minimum atomic E-state index is -2.34. The Hall–Kier alpha value is -0.157. The summed E-state index contributed by atoms with van der Waals surface area (Å²) in [6, 6.07) is 0. The summed E-state index contributed by atoms with van der Waals surface area (Å²) in [5, 5.41) is 0. The Morgan fingerprint density at radius 2 is 1.35 bits per heavy atom. The molecule has 0 spiro atoms. The van der Waals surface area contributed by atoms with Crippen molar-refractivity contribution in [3.63, 3.8) is 0 Å². The molecule has 0 fully saturated rings. The van der Waals surface area contributed by atoms with Crippen LogP contribution in [0.15, 0.2) is 48.6 Å². The molecule has 0 aromatic carbocycles. The molecule has 0 amide bonds. The van der Waals surface area contributed by atoms with E-state index in [0.717, 1.165) is 0 Å². The molecule has 0 aromatic rings. The summed E-state index contributed by atoms with van der Waals surface area (Å²) >= 11 is -2.34. The quantitative estimate of drug-likeness (QED) is 0.632. The van der Waals surface area contributed by atoms with Gasteiger partial charge in [-0.05, 0) is 0 Å². The number of rotatable bonds is 4. The topological polar surface area (TPSA) is 0 Å². The monoisotopic (exact) mass is 306 g/mol. The summed E-state index contributed by atoms with van der Waals surface area (Å²) in [6.45, 7) is 4.76. The van der Waals surface area contributed by atoms with Gasteiger partial charge in [0.05, 0.1) is 0 Å². The third kappa shape index (κ3) is 1.91. The fourth-order valence-corrected chi connectivity index (χ4v) is 13.0. The maximum atomic E-state index is 2.62. The van der Waals surface area contributed by atoms with E-state index in [1.54, 1.807) is 0 Å². The van der Waals surface area contributed by atoms with Gasteiger partial charge < -0.3 is 0 Å². The fraction of sp³-hybridized carbons (Fsp3) is 0.500. The predicted molar refractivity (Wildman–Crippen MR) is 74.3 cm³/mol. The van der Waals surface area contributed by atoms with Crippen molar-refractivity contribution >= 4 is 0 Å². The first-order chi connectivity index (χ1) is 7.97. The standard InChI is InChI=1S/C8H11.C6H7.2CH3.Zr/c1-2-5-8-6-3-4-7-8;1-6-4-2-3-5-6;;;/h3-4,6-7H,2,5H2,1H3;2-5H,1H3;2*1H3;. The summed E-state index contributed by atoms with van der Waals surface area (Å²) in [4.78, 5) is 0. The van der Waals surface area contributed by atoms with Crippen LogP contribution in [0.4, 0.5) is 0 Å². The first-order valence-corrected chi connectivity index (χ1v) is 14.1. The van der Waals surface area contributed by atoms with Gasteiger partial charge in [0.1, 0.15) is 0 Å². The average molecular weight is 308 g/mol. The Morgan fingerprint density at radius 1 is 0.882 bits per heavy atom. The number of hydrogen-bond acceptors (Lipinski definition) is 0. The van der Waals surface area contributed by atoms with Crippen molar-refractivity contribution in [1.29, 1.82) is 0 Å². The molecule has 2 aliphatic carbocycles. The summed E-state index contributed by atoms with van der Waals surface area (Å²) < 4.78 is 6.01. The molecule has 17 heavy (non-hydrogen) atoms. The summed E-state index contributed by atoms with van der Waals surface area (Å²) in [6.07, 6.45) is 21.5. The van der Waals surface area contributed by atoms with E-state index in [2.05, 4.69) is 71.7 Å². The van der Waals surface area contributed by atoms with Crippen LogP contribution in [0.5, 0.6) is 0 Å². The van der Waals surface area contributed by atoms with Gasteiger partial charge in [0, 0.05) is 0 Å². The second-order valence-electron chi connectivity index (χ2n) is 6.13. The summed E-state index contributed by atoms with van der Waals surface area (Å²) in [7, 11) is 0. The van der Waals surface area contributed by atoms with Crippen LogP contribution in [0.3, 0.4) is 0 Å². The van der Waals surface area contributed by atoms with Gasteiger partial charge in [-0.3, -0.25) is 0 Å². The van der Waals surface area contributed by atoms with Gasteiger partial charge in [-0.15, -0.1) is 0 Å². The van der Waals surface area contributed by atoms with Crippen LogP contribution in [0, 0.1) is 0 Å². The zero-order chi connectivity index (χ0) is 12.6. The number of allylic oxidation sites excluding steroid dienone is 8.